The Kier molecular flexibility index (Phi) is 7.96. The Bertz CT molecular complexity index is 1720. The van der Waals surface area contributed by atoms with Gasteiger partial charge < -0.3 is 24.2 Å². The van der Waals surface area contributed by atoms with Crippen molar-refractivity contribution in [2.24, 2.45) is 0 Å². The van der Waals surface area contributed by atoms with E-state index >= 15 is 0 Å². The standard InChI is InChI=1S/C32H30N2O6/c1-3-9-22-17-29(35)39-27-14-20(2)15-28(30(22)27)40-31(36)26(16-23-18-33-25-13-8-7-12-24(23)25)34-32(37)38-19-21-10-5-4-6-11-21/h4-8,10-15,17-18,26,33H,3,9,16,19H2,1-2H3,(H,34,37). The summed E-state index contributed by atoms with van der Waals surface area (Å²) in [6.45, 7) is 3.89. The highest BCUT2D eigenvalue weighted by atomic mass is 16.6. The summed E-state index contributed by atoms with van der Waals surface area (Å²) in [6, 6.07) is 20.9. The van der Waals surface area contributed by atoms with E-state index in [2.05, 4.69) is 10.3 Å². The molecule has 40 heavy (non-hydrogen) atoms. The van der Waals surface area contributed by atoms with E-state index in [9.17, 15) is 14.4 Å². The lowest BCUT2D eigenvalue weighted by atomic mass is 10.0. The third-order valence-corrected chi connectivity index (χ3v) is 6.65. The van der Waals surface area contributed by atoms with Gasteiger partial charge in [0, 0.05) is 29.6 Å². The summed E-state index contributed by atoms with van der Waals surface area (Å²) in [5.41, 5.74) is 3.97. The summed E-state index contributed by atoms with van der Waals surface area (Å²) in [5.74, 6) is -0.391. The van der Waals surface area contributed by atoms with Crippen LogP contribution in [0.5, 0.6) is 5.75 Å². The molecule has 204 valence electrons. The molecule has 5 aromatic rings. The lowest BCUT2D eigenvalue weighted by Crippen LogP contribution is -2.44. The van der Waals surface area contributed by atoms with E-state index in [1.807, 2.05) is 74.6 Å². The molecule has 0 spiro atoms. The first kappa shape index (κ1) is 26.7. The molecule has 0 radical (unpaired) electrons. The minimum absolute atomic E-state index is 0.0590. The van der Waals surface area contributed by atoms with E-state index in [-0.39, 0.29) is 18.8 Å². The van der Waals surface area contributed by atoms with E-state index in [1.54, 1.807) is 12.1 Å². The second-order valence-corrected chi connectivity index (χ2v) is 9.72. The SMILES string of the molecule is CCCc1cc(=O)oc2cc(C)cc(OC(=O)C(Cc3c[nH]c4ccccc34)NC(=O)OCc3ccccc3)c12. The minimum atomic E-state index is -1.05. The van der Waals surface area contributed by atoms with Crippen LogP contribution in [0.4, 0.5) is 4.79 Å². The zero-order valence-corrected chi connectivity index (χ0v) is 22.4. The fraction of sp³-hybridized carbons (Fsp3) is 0.219. The van der Waals surface area contributed by atoms with Crippen molar-refractivity contribution in [3.8, 4) is 5.75 Å². The van der Waals surface area contributed by atoms with E-state index in [0.717, 1.165) is 39.6 Å². The molecular formula is C32H30N2O6. The highest BCUT2D eigenvalue weighted by molar-refractivity contribution is 5.92. The molecule has 0 aliphatic rings. The van der Waals surface area contributed by atoms with Crippen LogP contribution in [0.15, 0.2) is 88.2 Å². The van der Waals surface area contributed by atoms with Gasteiger partial charge in [-0.3, -0.25) is 0 Å². The first-order chi connectivity index (χ1) is 19.4. The Labute approximate surface area is 230 Å². The number of alkyl carbamates (subject to hydrolysis) is 1. The molecule has 0 saturated heterocycles. The van der Waals surface area contributed by atoms with Gasteiger partial charge in [0.05, 0.1) is 5.39 Å². The summed E-state index contributed by atoms with van der Waals surface area (Å²) in [7, 11) is 0. The topological polar surface area (TPSA) is 111 Å². The molecule has 3 aromatic carbocycles. The van der Waals surface area contributed by atoms with Gasteiger partial charge in [-0.05, 0) is 53.8 Å². The maximum Gasteiger partial charge on any atom is 0.408 e. The fourth-order valence-electron chi connectivity index (χ4n) is 4.82. The monoisotopic (exact) mass is 538 g/mol. The molecule has 1 atom stereocenters. The highest BCUT2D eigenvalue weighted by Gasteiger charge is 2.27. The number of aryl methyl sites for hydroxylation is 2. The number of fused-ring (bicyclic) bond motifs is 2. The molecule has 8 heteroatoms. The number of carbonyl (C=O) groups excluding carboxylic acids is 2. The molecule has 2 heterocycles. The van der Waals surface area contributed by atoms with Gasteiger partial charge in [-0.2, -0.15) is 0 Å². The summed E-state index contributed by atoms with van der Waals surface area (Å²) in [6.07, 6.45) is 2.65. The predicted molar refractivity (Wildman–Crippen MR) is 152 cm³/mol. The van der Waals surface area contributed by atoms with Crippen LogP contribution in [-0.2, 0) is 29.0 Å². The number of rotatable bonds is 9. The van der Waals surface area contributed by atoms with Crippen LogP contribution in [0, 0.1) is 6.92 Å². The summed E-state index contributed by atoms with van der Waals surface area (Å²) in [4.78, 5) is 41.9. The number of para-hydroxylation sites is 1. The number of aromatic amines is 1. The fourth-order valence-corrected chi connectivity index (χ4v) is 4.82. The molecule has 0 saturated carbocycles. The van der Waals surface area contributed by atoms with Gasteiger partial charge in [-0.25, -0.2) is 14.4 Å². The van der Waals surface area contributed by atoms with Gasteiger partial charge in [-0.15, -0.1) is 0 Å². The summed E-state index contributed by atoms with van der Waals surface area (Å²) < 4.78 is 16.8. The average molecular weight is 539 g/mol. The number of hydrogen-bond donors (Lipinski definition) is 2. The second-order valence-electron chi connectivity index (χ2n) is 9.72. The van der Waals surface area contributed by atoms with Crippen LogP contribution in [0.2, 0.25) is 0 Å². The normalized spacial score (nSPS) is 11.8. The number of esters is 1. The smallest absolute Gasteiger partial charge is 0.408 e. The number of hydrogen-bond acceptors (Lipinski definition) is 6. The highest BCUT2D eigenvalue weighted by Crippen LogP contribution is 2.31. The number of H-pyrrole nitrogens is 1. The number of benzene rings is 3. The molecule has 2 aromatic heterocycles. The lowest BCUT2D eigenvalue weighted by molar-refractivity contribution is -0.136. The second kappa shape index (κ2) is 11.9. The van der Waals surface area contributed by atoms with Crippen LogP contribution in [-0.4, -0.2) is 23.1 Å². The molecule has 1 unspecified atom stereocenters. The molecule has 0 aliphatic heterocycles. The minimum Gasteiger partial charge on any atom is -0.445 e. The molecule has 5 rings (SSSR count). The molecule has 0 aliphatic carbocycles. The van der Waals surface area contributed by atoms with Gasteiger partial charge in [0.25, 0.3) is 0 Å². The largest absolute Gasteiger partial charge is 0.445 e. The quantitative estimate of drug-likeness (QED) is 0.136. The van der Waals surface area contributed by atoms with Gasteiger partial charge >= 0.3 is 17.7 Å². The molecule has 0 fully saturated rings. The Balaban J connectivity index is 1.45. The summed E-state index contributed by atoms with van der Waals surface area (Å²) in [5, 5.41) is 4.20. The molecule has 1 amide bonds. The van der Waals surface area contributed by atoms with Gasteiger partial charge in [0.1, 0.15) is 24.0 Å². The van der Waals surface area contributed by atoms with Crippen molar-refractivity contribution in [1.82, 2.24) is 10.3 Å². The number of ether oxygens (including phenoxy) is 2. The van der Waals surface area contributed by atoms with Crippen molar-refractivity contribution in [3.05, 3.63) is 112 Å². The maximum absolute atomic E-state index is 13.7. The number of aromatic nitrogens is 1. The molecule has 8 nitrogen and oxygen atoms in total. The van der Waals surface area contributed by atoms with E-state index < -0.39 is 23.7 Å². The first-order valence-corrected chi connectivity index (χ1v) is 13.2. The summed E-state index contributed by atoms with van der Waals surface area (Å²) >= 11 is 0. The van der Waals surface area contributed by atoms with Crippen LogP contribution >= 0.6 is 0 Å². The van der Waals surface area contributed by atoms with Crippen molar-refractivity contribution in [1.29, 1.82) is 0 Å². The molecular weight excluding hydrogens is 508 g/mol. The van der Waals surface area contributed by atoms with E-state index in [4.69, 9.17) is 13.9 Å². The van der Waals surface area contributed by atoms with Crippen molar-refractivity contribution >= 4 is 33.9 Å². The van der Waals surface area contributed by atoms with E-state index in [0.29, 0.717) is 17.4 Å². The van der Waals surface area contributed by atoms with E-state index in [1.165, 1.54) is 6.07 Å². The van der Waals surface area contributed by atoms with Crippen molar-refractivity contribution in [3.63, 3.8) is 0 Å². The Hall–Kier alpha value is -4.85. The zero-order valence-electron chi connectivity index (χ0n) is 22.4. The number of carbonyl (C=O) groups is 2. The van der Waals surface area contributed by atoms with Crippen LogP contribution in [0.1, 0.15) is 35.6 Å². The maximum atomic E-state index is 13.7. The molecule has 0 bridgehead atoms. The third kappa shape index (κ3) is 6.07. The first-order valence-electron chi connectivity index (χ1n) is 13.2. The number of amides is 1. The average Bonchev–Trinajstić information content (AvgIpc) is 3.34. The van der Waals surface area contributed by atoms with Crippen molar-refractivity contribution in [2.75, 3.05) is 0 Å². The number of nitrogens with one attached hydrogen (secondary N) is 2. The van der Waals surface area contributed by atoms with Crippen molar-refractivity contribution < 1.29 is 23.5 Å². The van der Waals surface area contributed by atoms with Gasteiger partial charge in [0.2, 0.25) is 0 Å². The van der Waals surface area contributed by atoms with Gasteiger partial charge in [0.15, 0.2) is 0 Å². The third-order valence-electron chi connectivity index (χ3n) is 6.65. The lowest BCUT2D eigenvalue weighted by Gasteiger charge is -2.19. The van der Waals surface area contributed by atoms with Crippen LogP contribution in [0.25, 0.3) is 21.9 Å². The van der Waals surface area contributed by atoms with Crippen LogP contribution in [0.3, 0.4) is 0 Å². The Morgan fingerprint density at radius 3 is 2.58 bits per heavy atom. The van der Waals surface area contributed by atoms with Crippen LogP contribution < -0.4 is 15.7 Å². The zero-order chi connectivity index (χ0) is 28.1. The van der Waals surface area contributed by atoms with Crippen molar-refractivity contribution in [2.45, 2.75) is 45.8 Å². The Morgan fingerprint density at radius 1 is 1.00 bits per heavy atom. The molecule has 2 N–H and O–H groups in total. The predicted octanol–water partition coefficient (Wildman–Crippen LogP) is 5.98. The Morgan fingerprint density at radius 2 is 1.77 bits per heavy atom. The van der Waals surface area contributed by atoms with Gasteiger partial charge in [-0.1, -0.05) is 61.9 Å².